The number of methoxy groups -OCH3 is 1. The van der Waals surface area contributed by atoms with Crippen LogP contribution in [0, 0.1) is 6.92 Å². The number of carbonyl (C=O) groups excluding carboxylic acids is 2. The lowest BCUT2D eigenvalue weighted by atomic mass is 9.95. The van der Waals surface area contributed by atoms with Crippen LogP contribution in [-0.4, -0.2) is 57.1 Å². The molecule has 0 aromatic heterocycles. The van der Waals surface area contributed by atoms with Crippen molar-refractivity contribution in [3.63, 3.8) is 0 Å². The van der Waals surface area contributed by atoms with Gasteiger partial charge in [-0.1, -0.05) is 62.1 Å². The molecule has 2 amide bonds. The van der Waals surface area contributed by atoms with E-state index < -0.39 is 28.5 Å². The van der Waals surface area contributed by atoms with E-state index in [-0.39, 0.29) is 18.5 Å². The van der Waals surface area contributed by atoms with E-state index in [1.807, 2.05) is 38.1 Å². The molecule has 37 heavy (non-hydrogen) atoms. The topological polar surface area (TPSA) is 96.0 Å². The highest BCUT2D eigenvalue weighted by molar-refractivity contribution is 7.92. The lowest BCUT2D eigenvalue weighted by Gasteiger charge is -2.34. The van der Waals surface area contributed by atoms with Gasteiger partial charge in [0.15, 0.2) is 0 Å². The maximum atomic E-state index is 13.8. The molecule has 0 unspecified atom stereocenters. The number of hydrogen-bond acceptors (Lipinski definition) is 5. The monoisotopic (exact) mass is 529 g/mol. The Kier molecular flexibility index (Phi) is 9.97. The Balaban J connectivity index is 1.92. The van der Waals surface area contributed by atoms with Gasteiger partial charge in [-0.15, -0.1) is 0 Å². The number of amides is 2. The lowest BCUT2D eigenvalue weighted by molar-refractivity contribution is -0.140. The summed E-state index contributed by atoms with van der Waals surface area (Å²) in [6.45, 7) is 3.62. The van der Waals surface area contributed by atoms with Gasteiger partial charge in [0, 0.05) is 18.7 Å². The molecule has 1 aliphatic rings. The highest BCUT2D eigenvalue weighted by Gasteiger charge is 2.33. The summed E-state index contributed by atoms with van der Waals surface area (Å²) in [6.07, 6.45) is 6.69. The minimum Gasteiger partial charge on any atom is -0.497 e. The first-order valence-electron chi connectivity index (χ1n) is 12.9. The SMILES string of the molecule is CC[C@@H](C(=O)NC1CCCCC1)N(Cc1cccc(C)c1)C(=O)CN(c1cccc(OC)c1)S(C)(=O)=O. The number of carbonyl (C=O) groups is 2. The highest BCUT2D eigenvalue weighted by atomic mass is 32.2. The van der Waals surface area contributed by atoms with Gasteiger partial charge in [-0.3, -0.25) is 13.9 Å². The number of benzene rings is 2. The zero-order valence-corrected chi connectivity index (χ0v) is 23.1. The summed E-state index contributed by atoms with van der Waals surface area (Å²) in [5.41, 5.74) is 2.24. The van der Waals surface area contributed by atoms with E-state index in [2.05, 4.69) is 5.32 Å². The summed E-state index contributed by atoms with van der Waals surface area (Å²) in [7, 11) is -2.30. The Labute approximate surface area is 221 Å². The average Bonchev–Trinajstić information content (AvgIpc) is 2.87. The number of aryl methyl sites for hydroxylation is 1. The molecule has 3 rings (SSSR count). The Bertz CT molecular complexity index is 1180. The maximum Gasteiger partial charge on any atom is 0.244 e. The Morgan fingerprint density at radius 3 is 2.41 bits per heavy atom. The van der Waals surface area contributed by atoms with Gasteiger partial charge in [0.05, 0.1) is 19.1 Å². The molecule has 0 saturated heterocycles. The van der Waals surface area contributed by atoms with Crippen molar-refractivity contribution in [3.8, 4) is 5.75 Å². The van der Waals surface area contributed by atoms with Crippen LogP contribution in [0.4, 0.5) is 5.69 Å². The van der Waals surface area contributed by atoms with Crippen LogP contribution in [0.15, 0.2) is 48.5 Å². The molecule has 8 nitrogen and oxygen atoms in total. The molecule has 1 fully saturated rings. The van der Waals surface area contributed by atoms with E-state index in [1.165, 1.54) is 18.4 Å². The third-order valence-electron chi connectivity index (χ3n) is 6.79. The smallest absolute Gasteiger partial charge is 0.244 e. The van der Waals surface area contributed by atoms with Crippen molar-refractivity contribution in [2.24, 2.45) is 0 Å². The number of anilines is 1. The van der Waals surface area contributed by atoms with Crippen LogP contribution < -0.4 is 14.4 Å². The van der Waals surface area contributed by atoms with E-state index in [0.29, 0.717) is 17.9 Å². The van der Waals surface area contributed by atoms with Crippen molar-refractivity contribution in [2.45, 2.75) is 71.0 Å². The third kappa shape index (κ3) is 7.95. The average molecular weight is 530 g/mol. The molecule has 2 aromatic carbocycles. The number of hydrogen-bond donors (Lipinski definition) is 1. The second-order valence-electron chi connectivity index (χ2n) is 9.75. The predicted molar refractivity (Wildman–Crippen MR) is 146 cm³/mol. The van der Waals surface area contributed by atoms with Crippen molar-refractivity contribution in [2.75, 3.05) is 24.2 Å². The quantitative estimate of drug-likeness (QED) is 0.474. The molecule has 0 heterocycles. The van der Waals surface area contributed by atoms with Crippen LogP contribution in [0.3, 0.4) is 0 Å². The summed E-state index contributed by atoms with van der Waals surface area (Å²) >= 11 is 0. The number of nitrogens with zero attached hydrogens (tertiary/aromatic N) is 2. The fourth-order valence-electron chi connectivity index (χ4n) is 4.85. The molecule has 1 atom stereocenters. The Hall–Kier alpha value is -3.07. The van der Waals surface area contributed by atoms with Crippen molar-refractivity contribution in [1.29, 1.82) is 0 Å². The summed E-state index contributed by atoms with van der Waals surface area (Å²) in [5, 5.41) is 3.15. The van der Waals surface area contributed by atoms with Gasteiger partial charge in [0.2, 0.25) is 21.8 Å². The maximum absolute atomic E-state index is 13.8. The molecule has 1 saturated carbocycles. The summed E-state index contributed by atoms with van der Waals surface area (Å²) in [5.74, 6) is -0.156. The first-order chi connectivity index (χ1) is 17.6. The predicted octanol–water partition coefficient (Wildman–Crippen LogP) is 4.03. The van der Waals surface area contributed by atoms with Crippen molar-refractivity contribution >= 4 is 27.5 Å². The van der Waals surface area contributed by atoms with Gasteiger partial charge in [0.1, 0.15) is 18.3 Å². The first kappa shape index (κ1) is 28.5. The number of rotatable bonds is 11. The zero-order chi connectivity index (χ0) is 27.0. The third-order valence-corrected chi connectivity index (χ3v) is 7.93. The van der Waals surface area contributed by atoms with Crippen LogP contribution in [0.5, 0.6) is 5.75 Å². The molecular weight excluding hydrogens is 490 g/mol. The fourth-order valence-corrected chi connectivity index (χ4v) is 5.69. The van der Waals surface area contributed by atoms with Gasteiger partial charge in [0.25, 0.3) is 0 Å². The molecule has 0 bridgehead atoms. The van der Waals surface area contributed by atoms with Gasteiger partial charge in [-0.2, -0.15) is 0 Å². The molecule has 1 N–H and O–H groups in total. The number of sulfonamides is 1. The van der Waals surface area contributed by atoms with Crippen LogP contribution in [-0.2, 0) is 26.2 Å². The number of ether oxygens (including phenoxy) is 1. The Morgan fingerprint density at radius 2 is 1.78 bits per heavy atom. The van der Waals surface area contributed by atoms with Crippen LogP contribution >= 0.6 is 0 Å². The molecule has 9 heteroatoms. The summed E-state index contributed by atoms with van der Waals surface area (Å²) in [6, 6.07) is 13.7. The van der Waals surface area contributed by atoms with E-state index in [1.54, 1.807) is 24.3 Å². The van der Waals surface area contributed by atoms with E-state index >= 15 is 0 Å². The molecule has 0 spiro atoms. The first-order valence-corrected chi connectivity index (χ1v) is 14.7. The molecule has 2 aromatic rings. The molecule has 1 aliphatic carbocycles. The second kappa shape index (κ2) is 12.9. The molecule has 0 radical (unpaired) electrons. The highest BCUT2D eigenvalue weighted by Crippen LogP contribution is 2.24. The Morgan fingerprint density at radius 1 is 1.08 bits per heavy atom. The van der Waals surface area contributed by atoms with E-state index in [9.17, 15) is 18.0 Å². The standard InChI is InChI=1S/C28H39N3O5S/c1-5-26(28(33)29-23-13-7-6-8-14-23)30(19-22-12-9-11-21(2)17-22)27(32)20-31(37(4,34)35)24-15-10-16-25(18-24)36-3/h9-12,15-18,23,26H,5-8,13-14,19-20H2,1-4H3,(H,29,33)/t26-/m0/s1. The zero-order valence-electron chi connectivity index (χ0n) is 22.3. The minimum atomic E-state index is -3.80. The van der Waals surface area contributed by atoms with Crippen LogP contribution in [0.1, 0.15) is 56.6 Å². The fraction of sp³-hybridized carbons (Fsp3) is 0.500. The van der Waals surface area contributed by atoms with Crippen molar-refractivity contribution in [1.82, 2.24) is 10.2 Å². The van der Waals surface area contributed by atoms with E-state index in [4.69, 9.17) is 4.74 Å². The largest absolute Gasteiger partial charge is 0.497 e. The summed E-state index contributed by atoms with van der Waals surface area (Å²) < 4.78 is 31.8. The van der Waals surface area contributed by atoms with Gasteiger partial charge in [-0.05, 0) is 43.9 Å². The normalized spacial score (nSPS) is 15.0. The van der Waals surface area contributed by atoms with Gasteiger partial charge >= 0.3 is 0 Å². The lowest BCUT2D eigenvalue weighted by Crippen LogP contribution is -2.53. The van der Waals surface area contributed by atoms with Gasteiger partial charge < -0.3 is 15.0 Å². The van der Waals surface area contributed by atoms with Crippen LogP contribution in [0.2, 0.25) is 0 Å². The molecule has 0 aliphatic heterocycles. The minimum absolute atomic E-state index is 0.107. The van der Waals surface area contributed by atoms with Crippen LogP contribution in [0.25, 0.3) is 0 Å². The van der Waals surface area contributed by atoms with Crippen molar-refractivity contribution in [3.05, 3.63) is 59.7 Å². The van der Waals surface area contributed by atoms with Crippen molar-refractivity contribution < 1.29 is 22.7 Å². The molecule has 202 valence electrons. The summed E-state index contributed by atoms with van der Waals surface area (Å²) in [4.78, 5) is 28.8. The van der Waals surface area contributed by atoms with E-state index in [0.717, 1.165) is 47.4 Å². The second-order valence-corrected chi connectivity index (χ2v) is 11.7. The molecular formula is C28H39N3O5S. The number of nitrogens with one attached hydrogen (secondary N) is 1. The van der Waals surface area contributed by atoms with Gasteiger partial charge in [-0.25, -0.2) is 8.42 Å².